The number of furan rings is 1. The summed E-state index contributed by atoms with van der Waals surface area (Å²) in [4.78, 5) is 11.5. The highest BCUT2D eigenvalue weighted by Gasteiger charge is 2.11. The highest BCUT2D eigenvalue weighted by atomic mass is 79.9. The first-order valence-electron chi connectivity index (χ1n) is 4.97. The quantitative estimate of drug-likeness (QED) is 0.778. The molecule has 0 fully saturated rings. The third-order valence-electron chi connectivity index (χ3n) is 1.93. The van der Waals surface area contributed by atoms with Crippen LogP contribution in [0.5, 0.6) is 0 Å². The number of carbonyl (C=O) groups excluding carboxylic acids is 1. The van der Waals surface area contributed by atoms with Crippen LogP contribution in [0.2, 0.25) is 0 Å². The normalized spacial score (nSPS) is 10.3. The van der Waals surface area contributed by atoms with Crippen LogP contribution in [0.15, 0.2) is 21.4 Å². The molecular weight excluding hydrogens is 260 g/mol. The number of halogens is 1. The van der Waals surface area contributed by atoms with E-state index in [4.69, 9.17) is 4.42 Å². The molecule has 0 spiro atoms. The first-order valence-corrected chi connectivity index (χ1v) is 5.77. The summed E-state index contributed by atoms with van der Waals surface area (Å²) in [5.41, 5.74) is 0.540. The highest BCUT2D eigenvalue weighted by molar-refractivity contribution is 9.10. The molecule has 0 radical (unpaired) electrons. The average molecular weight is 275 g/mol. The van der Waals surface area contributed by atoms with Crippen LogP contribution >= 0.6 is 15.9 Å². The smallest absolute Gasteiger partial charge is 0.255 e. The van der Waals surface area contributed by atoms with Crippen molar-refractivity contribution >= 4 is 21.8 Å². The van der Waals surface area contributed by atoms with Gasteiger partial charge in [0, 0.05) is 6.54 Å². The van der Waals surface area contributed by atoms with Gasteiger partial charge in [-0.05, 0) is 41.5 Å². The van der Waals surface area contributed by atoms with Crippen molar-refractivity contribution < 1.29 is 9.21 Å². The molecule has 5 heteroatoms. The maximum absolute atomic E-state index is 11.5. The molecule has 1 aromatic heterocycles. The van der Waals surface area contributed by atoms with Crippen molar-refractivity contribution in [2.45, 2.75) is 13.3 Å². The van der Waals surface area contributed by atoms with Crippen molar-refractivity contribution in [1.29, 1.82) is 0 Å². The second-order valence-electron chi connectivity index (χ2n) is 3.07. The van der Waals surface area contributed by atoms with Crippen LogP contribution in [-0.4, -0.2) is 25.5 Å². The van der Waals surface area contributed by atoms with Crippen molar-refractivity contribution in [3.63, 3.8) is 0 Å². The fourth-order valence-electron chi connectivity index (χ4n) is 1.14. The molecule has 0 aliphatic carbocycles. The Hall–Kier alpha value is -0.810. The molecule has 1 heterocycles. The molecule has 15 heavy (non-hydrogen) atoms. The highest BCUT2D eigenvalue weighted by Crippen LogP contribution is 2.16. The molecule has 0 saturated heterocycles. The number of rotatable bonds is 6. The van der Waals surface area contributed by atoms with Gasteiger partial charge in [-0.25, -0.2) is 0 Å². The molecule has 2 N–H and O–H groups in total. The van der Waals surface area contributed by atoms with Crippen LogP contribution in [0.1, 0.15) is 23.7 Å². The zero-order valence-electron chi connectivity index (χ0n) is 8.68. The van der Waals surface area contributed by atoms with Crippen LogP contribution in [-0.2, 0) is 0 Å². The van der Waals surface area contributed by atoms with Gasteiger partial charge in [0.1, 0.15) is 0 Å². The van der Waals surface area contributed by atoms with Gasteiger partial charge in [-0.15, -0.1) is 0 Å². The van der Waals surface area contributed by atoms with E-state index in [1.54, 1.807) is 6.07 Å². The third-order valence-corrected chi connectivity index (χ3v) is 2.54. The first-order chi connectivity index (χ1) is 7.25. The van der Waals surface area contributed by atoms with E-state index in [1.807, 2.05) is 0 Å². The number of amides is 1. The van der Waals surface area contributed by atoms with E-state index >= 15 is 0 Å². The van der Waals surface area contributed by atoms with Gasteiger partial charge >= 0.3 is 0 Å². The average Bonchev–Trinajstić information content (AvgIpc) is 2.64. The van der Waals surface area contributed by atoms with Crippen LogP contribution in [0, 0.1) is 0 Å². The Labute approximate surface area is 97.5 Å². The molecule has 0 aliphatic rings. The summed E-state index contributed by atoms with van der Waals surface area (Å²) >= 11 is 3.16. The lowest BCUT2D eigenvalue weighted by molar-refractivity contribution is 0.0951. The third kappa shape index (κ3) is 4.05. The Balaban J connectivity index is 2.22. The van der Waals surface area contributed by atoms with Crippen LogP contribution in [0.3, 0.4) is 0 Å². The minimum Gasteiger partial charge on any atom is -0.457 e. The molecule has 0 saturated carbocycles. The van der Waals surface area contributed by atoms with Crippen molar-refractivity contribution in [2.24, 2.45) is 0 Å². The first kappa shape index (κ1) is 12.3. The van der Waals surface area contributed by atoms with Gasteiger partial charge in [-0.2, -0.15) is 0 Å². The van der Waals surface area contributed by atoms with E-state index in [2.05, 4.69) is 33.5 Å². The van der Waals surface area contributed by atoms with Crippen LogP contribution < -0.4 is 10.6 Å². The second kappa shape index (κ2) is 6.63. The molecule has 0 aliphatic heterocycles. The molecule has 0 unspecified atom stereocenters. The Morgan fingerprint density at radius 3 is 2.93 bits per heavy atom. The monoisotopic (exact) mass is 274 g/mol. The second-order valence-corrected chi connectivity index (χ2v) is 3.79. The van der Waals surface area contributed by atoms with Gasteiger partial charge in [0.25, 0.3) is 5.91 Å². The molecule has 1 amide bonds. The Kier molecular flexibility index (Phi) is 5.42. The van der Waals surface area contributed by atoms with Crippen LogP contribution in [0.25, 0.3) is 0 Å². The van der Waals surface area contributed by atoms with E-state index in [-0.39, 0.29) is 5.91 Å². The van der Waals surface area contributed by atoms with Gasteiger partial charge < -0.3 is 15.1 Å². The number of hydrogen-bond donors (Lipinski definition) is 2. The molecule has 84 valence electrons. The van der Waals surface area contributed by atoms with Crippen molar-refractivity contribution in [1.82, 2.24) is 10.6 Å². The van der Waals surface area contributed by atoms with E-state index in [0.717, 1.165) is 19.5 Å². The Morgan fingerprint density at radius 2 is 2.33 bits per heavy atom. The molecular formula is C10H15BrN2O2. The van der Waals surface area contributed by atoms with Gasteiger partial charge in [0.05, 0.1) is 11.8 Å². The zero-order chi connectivity index (χ0) is 11.1. The Morgan fingerprint density at radius 1 is 1.53 bits per heavy atom. The van der Waals surface area contributed by atoms with E-state index in [1.165, 1.54) is 6.26 Å². The van der Waals surface area contributed by atoms with Gasteiger partial charge in [0.15, 0.2) is 4.67 Å². The number of hydrogen-bond acceptors (Lipinski definition) is 3. The predicted octanol–water partition coefficient (Wildman–Crippen LogP) is 1.77. The molecule has 0 aromatic carbocycles. The lowest BCUT2D eigenvalue weighted by Gasteiger charge is -2.04. The summed E-state index contributed by atoms with van der Waals surface area (Å²) in [6.07, 6.45) is 2.41. The zero-order valence-corrected chi connectivity index (χ0v) is 10.3. The van der Waals surface area contributed by atoms with Crippen molar-refractivity contribution in [2.75, 3.05) is 19.6 Å². The minimum absolute atomic E-state index is 0.105. The summed E-state index contributed by atoms with van der Waals surface area (Å²) in [6.45, 7) is 4.61. The summed E-state index contributed by atoms with van der Waals surface area (Å²) in [5.74, 6) is -0.105. The standard InChI is InChI=1S/C10H15BrN2O2/c1-2-12-5-3-6-13-10(14)8-4-7-15-9(8)11/h4,7,12H,2-3,5-6H2,1H3,(H,13,14). The molecule has 0 atom stereocenters. The molecule has 1 rings (SSSR count). The predicted molar refractivity (Wildman–Crippen MR) is 61.9 cm³/mol. The Bertz CT molecular complexity index is 312. The summed E-state index contributed by atoms with van der Waals surface area (Å²) < 4.78 is 5.45. The van der Waals surface area contributed by atoms with E-state index in [0.29, 0.717) is 16.8 Å². The molecule has 0 bridgehead atoms. The van der Waals surface area contributed by atoms with Gasteiger partial charge in [-0.1, -0.05) is 6.92 Å². The number of carbonyl (C=O) groups is 1. The maximum Gasteiger partial charge on any atom is 0.255 e. The van der Waals surface area contributed by atoms with Crippen LogP contribution in [0.4, 0.5) is 0 Å². The molecule has 4 nitrogen and oxygen atoms in total. The summed E-state index contributed by atoms with van der Waals surface area (Å²) in [6, 6.07) is 1.64. The molecule has 1 aromatic rings. The fraction of sp³-hybridized carbons (Fsp3) is 0.500. The lowest BCUT2D eigenvalue weighted by atomic mass is 10.3. The SMILES string of the molecule is CCNCCCNC(=O)c1ccoc1Br. The topological polar surface area (TPSA) is 54.3 Å². The summed E-state index contributed by atoms with van der Waals surface area (Å²) in [7, 11) is 0. The number of nitrogens with one attached hydrogen (secondary N) is 2. The fourth-order valence-corrected chi connectivity index (χ4v) is 1.56. The largest absolute Gasteiger partial charge is 0.457 e. The van der Waals surface area contributed by atoms with Gasteiger partial charge in [0.2, 0.25) is 0 Å². The maximum atomic E-state index is 11.5. The van der Waals surface area contributed by atoms with Crippen molar-refractivity contribution in [3.05, 3.63) is 22.6 Å². The van der Waals surface area contributed by atoms with E-state index in [9.17, 15) is 4.79 Å². The lowest BCUT2D eigenvalue weighted by Crippen LogP contribution is -2.27. The van der Waals surface area contributed by atoms with Gasteiger partial charge in [-0.3, -0.25) is 4.79 Å². The summed E-state index contributed by atoms with van der Waals surface area (Å²) in [5, 5.41) is 6.00. The van der Waals surface area contributed by atoms with E-state index < -0.39 is 0 Å². The van der Waals surface area contributed by atoms with Crippen molar-refractivity contribution in [3.8, 4) is 0 Å². The minimum atomic E-state index is -0.105.